The fourth-order valence-corrected chi connectivity index (χ4v) is 4.28. The first-order valence-corrected chi connectivity index (χ1v) is 11.7. The van der Waals surface area contributed by atoms with Gasteiger partial charge >= 0.3 is 0 Å². The van der Waals surface area contributed by atoms with Gasteiger partial charge in [0.2, 0.25) is 5.75 Å². The van der Waals surface area contributed by atoms with Gasteiger partial charge in [-0.1, -0.05) is 42.5 Å². The van der Waals surface area contributed by atoms with E-state index in [1.54, 1.807) is 21.3 Å². The molecule has 0 atom stereocenters. The molecule has 3 aromatic rings. The van der Waals surface area contributed by atoms with Crippen molar-refractivity contribution in [2.24, 2.45) is 0 Å². The van der Waals surface area contributed by atoms with Crippen LogP contribution in [0.2, 0.25) is 0 Å². The van der Waals surface area contributed by atoms with Crippen molar-refractivity contribution in [2.45, 2.75) is 13.2 Å². The van der Waals surface area contributed by atoms with Crippen LogP contribution in [-0.2, 0) is 13.2 Å². The van der Waals surface area contributed by atoms with Gasteiger partial charge in [-0.15, -0.1) is 0 Å². The van der Waals surface area contributed by atoms with Gasteiger partial charge in [0.15, 0.2) is 11.5 Å². The minimum Gasteiger partial charge on any atom is -0.493 e. The molecule has 0 aliphatic carbocycles. The zero-order chi connectivity index (χ0) is 24.6. The van der Waals surface area contributed by atoms with Gasteiger partial charge in [0.05, 0.1) is 21.3 Å². The summed E-state index contributed by atoms with van der Waals surface area (Å²) in [5, 5.41) is 0. The molecule has 0 unspecified atom stereocenters. The van der Waals surface area contributed by atoms with Gasteiger partial charge < -0.3 is 23.8 Å². The Bertz CT molecular complexity index is 1130. The first-order valence-electron chi connectivity index (χ1n) is 11.7. The van der Waals surface area contributed by atoms with Crippen LogP contribution in [0.3, 0.4) is 0 Å². The molecule has 1 aliphatic heterocycles. The van der Waals surface area contributed by atoms with E-state index in [4.69, 9.17) is 18.9 Å². The van der Waals surface area contributed by atoms with E-state index in [9.17, 15) is 4.79 Å². The number of nitrogens with zero attached hydrogens (tertiary/aromatic N) is 2. The highest BCUT2D eigenvalue weighted by Gasteiger charge is 2.24. The third-order valence-electron chi connectivity index (χ3n) is 6.17. The second-order valence-electron chi connectivity index (χ2n) is 8.36. The molecule has 184 valence electrons. The van der Waals surface area contributed by atoms with E-state index in [2.05, 4.69) is 4.90 Å². The van der Waals surface area contributed by atoms with E-state index < -0.39 is 0 Å². The lowest BCUT2D eigenvalue weighted by Crippen LogP contribution is -2.48. The molecule has 3 aromatic carbocycles. The highest BCUT2D eigenvalue weighted by molar-refractivity contribution is 5.94. The number of piperazine rings is 1. The number of amides is 1. The molecule has 0 bridgehead atoms. The Labute approximate surface area is 206 Å². The zero-order valence-corrected chi connectivity index (χ0v) is 20.5. The number of hydrogen-bond donors (Lipinski definition) is 0. The minimum absolute atomic E-state index is 0.0264. The first kappa shape index (κ1) is 24.4. The number of carbonyl (C=O) groups excluding carboxylic acids is 1. The summed E-state index contributed by atoms with van der Waals surface area (Å²) >= 11 is 0. The SMILES string of the molecule is COc1ccc(CN2CCN(C(=O)c3cccc(OCc4ccccc4)c3)CC2)c(OC)c1OC. The van der Waals surface area contributed by atoms with Gasteiger partial charge in [-0.25, -0.2) is 0 Å². The topological polar surface area (TPSA) is 60.5 Å². The van der Waals surface area contributed by atoms with Gasteiger partial charge in [-0.2, -0.15) is 0 Å². The molecule has 7 heteroatoms. The summed E-state index contributed by atoms with van der Waals surface area (Å²) in [6, 6.07) is 21.3. The normalized spacial score (nSPS) is 13.9. The molecular weight excluding hydrogens is 444 g/mol. The predicted octanol–water partition coefficient (Wildman–Crippen LogP) is 4.25. The van der Waals surface area contributed by atoms with Crippen molar-refractivity contribution in [1.29, 1.82) is 0 Å². The number of hydrogen-bond acceptors (Lipinski definition) is 6. The van der Waals surface area contributed by atoms with Crippen molar-refractivity contribution in [3.63, 3.8) is 0 Å². The third kappa shape index (κ3) is 5.87. The van der Waals surface area contributed by atoms with Crippen LogP contribution in [0.5, 0.6) is 23.0 Å². The van der Waals surface area contributed by atoms with E-state index in [-0.39, 0.29) is 5.91 Å². The van der Waals surface area contributed by atoms with Crippen LogP contribution in [0.1, 0.15) is 21.5 Å². The molecule has 1 heterocycles. The maximum atomic E-state index is 13.1. The molecule has 1 fully saturated rings. The van der Waals surface area contributed by atoms with E-state index in [1.165, 1.54) is 0 Å². The van der Waals surface area contributed by atoms with E-state index in [0.717, 1.165) is 24.2 Å². The lowest BCUT2D eigenvalue weighted by Gasteiger charge is -2.35. The fourth-order valence-electron chi connectivity index (χ4n) is 4.28. The van der Waals surface area contributed by atoms with Crippen molar-refractivity contribution < 1.29 is 23.7 Å². The quantitative estimate of drug-likeness (QED) is 0.460. The number of methoxy groups -OCH3 is 3. The summed E-state index contributed by atoms with van der Waals surface area (Å²) in [7, 11) is 4.85. The number of benzene rings is 3. The van der Waals surface area contributed by atoms with Gasteiger partial charge in [-0.3, -0.25) is 9.69 Å². The van der Waals surface area contributed by atoms with Gasteiger partial charge in [-0.05, 0) is 29.8 Å². The summed E-state index contributed by atoms with van der Waals surface area (Å²) in [6.45, 7) is 4.03. The molecule has 35 heavy (non-hydrogen) atoms. The Morgan fingerprint density at radius 1 is 0.800 bits per heavy atom. The van der Waals surface area contributed by atoms with E-state index in [1.807, 2.05) is 71.6 Å². The van der Waals surface area contributed by atoms with Crippen LogP contribution in [-0.4, -0.2) is 63.2 Å². The maximum absolute atomic E-state index is 13.1. The largest absolute Gasteiger partial charge is 0.493 e. The Hall–Kier alpha value is -3.71. The number of ether oxygens (including phenoxy) is 4. The molecule has 1 saturated heterocycles. The minimum atomic E-state index is 0.0264. The molecular formula is C28H32N2O5. The second-order valence-corrected chi connectivity index (χ2v) is 8.36. The van der Waals surface area contributed by atoms with Gasteiger partial charge in [0.25, 0.3) is 5.91 Å². The number of carbonyl (C=O) groups is 1. The molecule has 0 aromatic heterocycles. The maximum Gasteiger partial charge on any atom is 0.254 e. The molecule has 0 radical (unpaired) electrons. The smallest absolute Gasteiger partial charge is 0.254 e. The summed E-state index contributed by atoms with van der Waals surface area (Å²) < 4.78 is 22.4. The summed E-state index contributed by atoms with van der Waals surface area (Å²) in [5.41, 5.74) is 2.75. The highest BCUT2D eigenvalue weighted by Crippen LogP contribution is 2.40. The van der Waals surface area contributed by atoms with E-state index >= 15 is 0 Å². The second kappa shape index (κ2) is 11.6. The fraction of sp³-hybridized carbons (Fsp3) is 0.321. The van der Waals surface area contributed by atoms with Gasteiger partial charge in [0, 0.05) is 43.9 Å². The van der Waals surface area contributed by atoms with Gasteiger partial charge in [0.1, 0.15) is 12.4 Å². The Morgan fingerprint density at radius 2 is 1.54 bits per heavy atom. The molecule has 7 nitrogen and oxygen atoms in total. The van der Waals surface area contributed by atoms with Crippen LogP contribution >= 0.6 is 0 Å². The van der Waals surface area contributed by atoms with Crippen LogP contribution in [0.15, 0.2) is 66.7 Å². The monoisotopic (exact) mass is 476 g/mol. The van der Waals surface area contributed by atoms with Crippen molar-refractivity contribution in [2.75, 3.05) is 47.5 Å². The molecule has 0 saturated carbocycles. The van der Waals surface area contributed by atoms with Crippen molar-refractivity contribution in [1.82, 2.24) is 9.80 Å². The first-order chi connectivity index (χ1) is 17.1. The lowest BCUT2D eigenvalue weighted by molar-refractivity contribution is 0.0627. The summed E-state index contributed by atoms with van der Waals surface area (Å²) in [4.78, 5) is 17.4. The highest BCUT2D eigenvalue weighted by atomic mass is 16.5. The zero-order valence-electron chi connectivity index (χ0n) is 20.5. The average Bonchev–Trinajstić information content (AvgIpc) is 2.92. The predicted molar refractivity (Wildman–Crippen MR) is 134 cm³/mol. The Morgan fingerprint density at radius 3 is 2.23 bits per heavy atom. The average molecular weight is 477 g/mol. The van der Waals surface area contributed by atoms with E-state index in [0.29, 0.717) is 54.8 Å². The van der Waals surface area contributed by atoms with Crippen LogP contribution in [0, 0.1) is 0 Å². The number of rotatable bonds is 9. The van der Waals surface area contributed by atoms with Crippen molar-refractivity contribution in [3.05, 3.63) is 83.4 Å². The molecule has 0 spiro atoms. The molecule has 0 N–H and O–H groups in total. The molecule has 1 aliphatic rings. The van der Waals surface area contributed by atoms with Crippen molar-refractivity contribution in [3.8, 4) is 23.0 Å². The third-order valence-corrected chi connectivity index (χ3v) is 6.17. The van der Waals surface area contributed by atoms with Crippen LogP contribution < -0.4 is 18.9 Å². The lowest BCUT2D eigenvalue weighted by atomic mass is 10.1. The molecule has 1 amide bonds. The summed E-state index contributed by atoms with van der Waals surface area (Å²) in [5.74, 6) is 2.63. The summed E-state index contributed by atoms with van der Waals surface area (Å²) in [6.07, 6.45) is 0. The Balaban J connectivity index is 1.35. The molecule has 4 rings (SSSR count). The van der Waals surface area contributed by atoms with Crippen LogP contribution in [0.4, 0.5) is 0 Å². The Kier molecular flexibility index (Phi) is 8.11. The standard InChI is InChI=1S/C28H32N2O5/c1-32-25-13-12-23(26(33-2)27(25)34-3)19-29-14-16-30(17-15-29)28(31)22-10-7-11-24(18-22)35-20-21-8-5-4-6-9-21/h4-13,18H,14-17,19-20H2,1-3H3. The van der Waals surface area contributed by atoms with Crippen molar-refractivity contribution >= 4 is 5.91 Å². The van der Waals surface area contributed by atoms with Crippen LogP contribution in [0.25, 0.3) is 0 Å².